The third-order valence-corrected chi connectivity index (χ3v) is 4.14. The molecule has 0 saturated heterocycles. The minimum atomic E-state index is -0.0128. The highest BCUT2D eigenvalue weighted by atomic mass is 35.5. The summed E-state index contributed by atoms with van der Waals surface area (Å²) in [5.74, 6) is 1.52. The van der Waals surface area contributed by atoms with E-state index in [1.165, 1.54) is 11.8 Å². The fraction of sp³-hybridized carbons (Fsp3) is 0.214. The second-order valence-electron chi connectivity index (χ2n) is 4.51. The van der Waals surface area contributed by atoms with E-state index >= 15 is 0 Å². The quantitative estimate of drug-likeness (QED) is 0.784. The fourth-order valence-corrected chi connectivity index (χ4v) is 3.05. The van der Waals surface area contributed by atoms with Gasteiger partial charge in [0.1, 0.15) is 12.4 Å². The number of halogens is 1. The van der Waals surface area contributed by atoms with Crippen LogP contribution < -0.4 is 9.75 Å². The van der Waals surface area contributed by atoms with Crippen LogP contribution in [-0.2, 0) is 11.4 Å². The highest BCUT2D eigenvalue weighted by Gasteiger charge is 2.28. The van der Waals surface area contributed by atoms with Crippen molar-refractivity contribution in [3.8, 4) is 5.75 Å². The number of hydrogen-bond donors (Lipinski definition) is 0. The molecule has 6 nitrogen and oxygen atoms in total. The molecule has 1 amide bonds. The topological polar surface area (TPSA) is 60.3 Å². The van der Waals surface area contributed by atoms with Gasteiger partial charge in [-0.25, -0.2) is 9.69 Å². The van der Waals surface area contributed by atoms with E-state index in [4.69, 9.17) is 16.3 Å². The third-order valence-electron chi connectivity index (χ3n) is 3.00. The highest BCUT2D eigenvalue weighted by Crippen LogP contribution is 2.24. The molecule has 1 aromatic carbocycles. The summed E-state index contributed by atoms with van der Waals surface area (Å²) >= 11 is 7.28. The van der Waals surface area contributed by atoms with Gasteiger partial charge in [-0.05, 0) is 18.2 Å². The highest BCUT2D eigenvalue weighted by molar-refractivity contribution is 7.99. The first-order chi connectivity index (χ1) is 10.7. The smallest absolute Gasteiger partial charge is 0.252 e. The van der Waals surface area contributed by atoms with Crippen LogP contribution in [0.1, 0.15) is 5.82 Å². The van der Waals surface area contributed by atoms with E-state index in [0.29, 0.717) is 34.1 Å². The van der Waals surface area contributed by atoms with E-state index in [1.807, 2.05) is 0 Å². The molecule has 0 N–H and O–H groups in total. The Kier molecular flexibility index (Phi) is 4.35. The maximum Gasteiger partial charge on any atom is 0.252 e. The number of carbonyl (C=O) groups excluding carboxylic acids is 1. The van der Waals surface area contributed by atoms with Crippen molar-refractivity contribution in [2.45, 2.75) is 11.8 Å². The maximum atomic E-state index is 12.0. The Bertz CT molecular complexity index is 719. The van der Waals surface area contributed by atoms with Crippen LogP contribution in [-0.4, -0.2) is 33.1 Å². The molecule has 0 saturated carbocycles. The summed E-state index contributed by atoms with van der Waals surface area (Å²) < 4.78 is 7.36. The summed E-state index contributed by atoms with van der Waals surface area (Å²) in [6, 6.07) is 7.10. The molecule has 8 heteroatoms. The van der Waals surface area contributed by atoms with E-state index in [1.54, 1.807) is 40.0 Å². The SMILES string of the molecule is C=CCN1C(=O)CSc2nnc(COc3cccc(Cl)c3)n21. The Hall–Kier alpha value is -1.99. The number of aromatic nitrogens is 3. The lowest BCUT2D eigenvalue weighted by Crippen LogP contribution is -2.45. The molecular weight excluding hydrogens is 324 g/mol. The monoisotopic (exact) mass is 336 g/mol. The lowest BCUT2D eigenvalue weighted by molar-refractivity contribution is -0.117. The molecule has 2 heterocycles. The first-order valence-corrected chi connectivity index (χ1v) is 7.92. The van der Waals surface area contributed by atoms with Crippen LogP contribution in [0.3, 0.4) is 0 Å². The number of carbonyl (C=O) groups is 1. The zero-order valence-electron chi connectivity index (χ0n) is 11.6. The number of amides is 1. The lowest BCUT2D eigenvalue weighted by Gasteiger charge is -2.27. The summed E-state index contributed by atoms with van der Waals surface area (Å²) in [5.41, 5.74) is 0. The molecule has 0 atom stereocenters. The molecule has 1 aliphatic heterocycles. The molecule has 3 rings (SSSR count). The van der Waals surface area contributed by atoms with Crippen LogP contribution in [0.4, 0.5) is 0 Å². The van der Waals surface area contributed by atoms with Crippen LogP contribution in [0.15, 0.2) is 42.1 Å². The summed E-state index contributed by atoms with van der Waals surface area (Å²) in [7, 11) is 0. The average Bonchev–Trinajstić information content (AvgIpc) is 2.92. The molecular formula is C14H13ClN4O2S. The number of benzene rings is 1. The minimum Gasteiger partial charge on any atom is -0.485 e. The van der Waals surface area contributed by atoms with Gasteiger partial charge in [0.05, 0.1) is 12.3 Å². The normalized spacial score (nSPS) is 13.9. The Labute approximate surface area is 136 Å². The zero-order valence-corrected chi connectivity index (χ0v) is 13.2. The van der Waals surface area contributed by atoms with Gasteiger partial charge in [0.15, 0.2) is 5.82 Å². The third kappa shape index (κ3) is 2.95. The molecule has 0 spiro atoms. The van der Waals surface area contributed by atoms with E-state index < -0.39 is 0 Å². The van der Waals surface area contributed by atoms with Crippen LogP contribution in [0.25, 0.3) is 0 Å². The van der Waals surface area contributed by atoms with Crippen molar-refractivity contribution in [2.24, 2.45) is 0 Å². The molecule has 1 aromatic heterocycles. The largest absolute Gasteiger partial charge is 0.485 e. The molecule has 114 valence electrons. The Balaban J connectivity index is 1.82. The van der Waals surface area contributed by atoms with E-state index in [9.17, 15) is 4.79 Å². The van der Waals surface area contributed by atoms with Gasteiger partial charge in [0, 0.05) is 5.02 Å². The molecule has 2 aromatic rings. The Morgan fingerprint density at radius 2 is 2.32 bits per heavy atom. The van der Waals surface area contributed by atoms with Crippen molar-refractivity contribution >= 4 is 29.3 Å². The summed E-state index contributed by atoms with van der Waals surface area (Å²) in [5, 5.41) is 11.0. The first kappa shape index (κ1) is 14.9. The van der Waals surface area contributed by atoms with Gasteiger partial charge < -0.3 is 4.74 Å². The van der Waals surface area contributed by atoms with Gasteiger partial charge >= 0.3 is 0 Å². The lowest BCUT2D eigenvalue weighted by atomic mass is 10.3. The molecule has 0 aliphatic carbocycles. The number of thioether (sulfide) groups is 1. The second-order valence-corrected chi connectivity index (χ2v) is 5.89. The predicted molar refractivity (Wildman–Crippen MR) is 84.8 cm³/mol. The van der Waals surface area contributed by atoms with E-state index in [0.717, 1.165) is 0 Å². The fourth-order valence-electron chi connectivity index (χ4n) is 2.04. The van der Waals surface area contributed by atoms with Gasteiger partial charge in [-0.2, -0.15) is 0 Å². The molecule has 0 unspecified atom stereocenters. The Morgan fingerprint density at radius 3 is 3.09 bits per heavy atom. The van der Waals surface area contributed by atoms with Crippen molar-refractivity contribution < 1.29 is 9.53 Å². The number of rotatable bonds is 5. The maximum absolute atomic E-state index is 12.0. The van der Waals surface area contributed by atoms with Gasteiger partial charge in [0.2, 0.25) is 5.16 Å². The van der Waals surface area contributed by atoms with Crippen molar-refractivity contribution in [2.75, 3.05) is 17.3 Å². The van der Waals surface area contributed by atoms with Crippen molar-refractivity contribution in [1.82, 2.24) is 14.9 Å². The van der Waals surface area contributed by atoms with Crippen LogP contribution in [0, 0.1) is 0 Å². The van der Waals surface area contributed by atoms with Gasteiger partial charge in [-0.15, -0.1) is 16.8 Å². The van der Waals surface area contributed by atoms with Gasteiger partial charge in [-0.1, -0.05) is 35.5 Å². The first-order valence-electron chi connectivity index (χ1n) is 6.56. The van der Waals surface area contributed by atoms with Crippen molar-refractivity contribution in [3.63, 3.8) is 0 Å². The van der Waals surface area contributed by atoms with E-state index in [-0.39, 0.29) is 12.5 Å². The minimum absolute atomic E-state index is 0.0128. The molecule has 1 aliphatic rings. The zero-order chi connectivity index (χ0) is 15.5. The van der Waals surface area contributed by atoms with Crippen LogP contribution in [0.5, 0.6) is 5.75 Å². The summed E-state index contributed by atoms with van der Waals surface area (Å²) in [6.45, 7) is 4.27. The van der Waals surface area contributed by atoms with Crippen molar-refractivity contribution in [3.05, 3.63) is 47.8 Å². The summed E-state index contributed by atoms with van der Waals surface area (Å²) in [6.07, 6.45) is 1.67. The predicted octanol–water partition coefficient (Wildman–Crippen LogP) is 2.27. The number of ether oxygens (including phenoxy) is 1. The molecule has 0 fully saturated rings. The molecule has 0 bridgehead atoms. The average molecular weight is 337 g/mol. The van der Waals surface area contributed by atoms with E-state index in [2.05, 4.69) is 16.8 Å². The van der Waals surface area contributed by atoms with Crippen LogP contribution >= 0.6 is 23.4 Å². The summed E-state index contributed by atoms with van der Waals surface area (Å²) in [4.78, 5) is 12.0. The van der Waals surface area contributed by atoms with Gasteiger partial charge in [-0.3, -0.25) is 4.79 Å². The number of fused-ring (bicyclic) bond motifs is 1. The molecule has 0 radical (unpaired) electrons. The van der Waals surface area contributed by atoms with Crippen molar-refractivity contribution in [1.29, 1.82) is 0 Å². The number of nitrogens with zero attached hydrogens (tertiary/aromatic N) is 4. The standard InChI is InChI=1S/C14H13ClN4O2S/c1-2-6-18-13(20)9-22-14-17-16-12(19(14)18)8-21-11-5-3-4-10(15)7-11/h2-5,7H,1,6,8-9H2. The second kappa shape index (κ2) is 6.41. The van der Waals surface area contributed by atoms with Crippen LogP contribution in [0.2, 0.25) is 5.02 Å². The molecule has 22 heavy (non-hydrogen) atoms. The Morgan fingerprint density at radius 1 is 1.45 bits per heavy atom. The number of hydrogen-bond acceptors (Lipinski definition) is 5. The van der Waals surface area contributed by atoms with Gasteiger partial charge in [0.25, 0.3) is 5.91 Å².